The minimum absolute atomic E-state index is 0.0188. The lowest BCUT2D eigenvalue weighted by molar-refractivity contribution is 0.0193. The van der Waals surface area contributed by atoms with Gasteiger partial charge in [0.15, 0.2) is 0 Å². The molecule has 1 aliphatic heterocycles. The molecule has 0 bridgehead atoms. The summed E-state index contributed by atoms with van der Waals surface area (Å²) < 4.78 is 38.0. The summed E-state index contributed by atoms with van der Waals surface area (Å²) in [5.41, 5.74) is 5.51. The fourth-order valence-electron chi connectivity index (χ4n) is 2.56. The Kier molecular flexibility index (Phi) is 5.43. The van der Waals surface area contributed by atoms with E-state index in [4.69, 9.17) is 14.9 Å². The van der Waals surface area contributed by atoms with E-state index in [1.807, 2.05) is 6.92 Å². The van der Waals surface area contributed by atoms with Crippen LogP contribution >= 0.6 is 0 Å². The standard InChI is InChI=1S/C14H24N2O4S/c1-3-7-19-12-5-4-6-16(10-12)21(17,18)14-8-13(9-15)20-11(14)2/h8,12H,3-7,9-10,15H2,1-2H3. The Labute approximate surface area is 126 Å². The van der Waals surface area contributed by atoms with E-state index >= 15 is 0 Å². The number of rotatable bonds is 6. The average Bonchev–Trinajstić information content (AvgIpc) is 2.87. The van der Waals surface area contributed by atoms with Crippen LogP contribution in [0.4, 0.5) is 0 Å². The SMILES string of the molecule is CCCOC1CCCN(S(=O)(=O)c2cc(CN)oc2C)C1. The van der Waals surface area contributed by atoms with Crippen LogP contribution < -0.4 is 5.73 Å². The molecular weight excluding hydrogens is 292 g/mol. The van der Waals surface area contributed by atoms with Gasteiger partial charge in [-0.3, -0.25) is 0 Å². The van der Waals surface area contributed by atoms with Crippen LogP contribution in [0.1, 0.15) is 37.7 Å². The molecule has 0 spiro atoms. The molecule has 6 nitrogen and oxygen atoms in total. The van der Waals surface area contributed by atoms with Crippen LogP contribution in [0.5, 0.6) is 0 Å². The number of aryl methyl sites for hydroxylation is 1. The minimum atomic E-state index is -3.54. The molecule has 0 radical (unpaired) electrons. The molecule has 21 heavy (non-hydrogen) atoms. The summed E-state index contributed by atoms with van der Waals surface area (Å²) in [5.74, 6) is 0.883. The molecule has 0 amide bonds. The third-order valence-electron chi connectivity index (χ3n) is 3.64. The quantitative estimate of drug-likeness (QED) is 0.862. The number of sulfonamides is 1. The molecule has 0 aromatic carbocycles. The first-order valence-corrected chi connectivity index (χ1v) is 8.84. The molecule has 1 unspecified atom stereocenters. The highest BCUT2D eigenvalue weighted by Gasteiger charge is 2.33. The summed E-state index contributed by atoms with van der Waals surface area (Å²) in [7, 11) is -3.54. The van der Waals surface area contributed by atoms with Crippen molar-refractivity contribution in [3.63, 3.8) is 0 Å². The number of nitrogens with zero attached hydrogens (tertiary/aromatic N) is 1. The zero-order valence-electron chi connectivity index (χ0n) is 12.7. The van der Waals surface area contributed by atoms with Crippen LogP contribution in [-0.2, 0) is 21.3 Å². The third-order valence-corrected chi connectivity index (χ3v) is 5.61. The molecule has 2 rings (SSSR count). The molecular formula is C14H24N2O4S. The maximum absolute atomic E-state index is 12.7. The van der Waals surface area contributed by atoms with Crippen molar-refractivity contribution in [3.05, 3.63) is 17.6 Å². The maximum atomic E-state index is 12.7. The van der Waals surface area contributed by atoms with Gasteiger partial charge in [0.25, 0.3) is 0 Å². The Morgan fingerprint density at radius 2 is 2.29 bits per heavy atom. The second-order valence-corrected chi connectivity index (χ2v) is 7.24. The van der Waals surface area contributed by atoms with Gasteiger partial charge in [-0.15, -0.1) is 0 Å². The lowest BCUT2D eigenvalue weighted by Gasteiger charge is -2.31. The average molecular weight is 316 g/mol. The van der Waals surface area contributed by atoms with Gasteiger partial charge in [-0.1, -0.05) is 6.92 Å². The van der Waals surface area contributed by atoms with Crippen LogP contribution in [-0.4, -0.2) is 38.5 Å². The summed E-state index contributed by atoms with van der Waals surface area (Å²) in [4.78, 5) is 0.221. The van der Waals surface area contributed by atoms with Crippen molar-refractivity contribution in [1.82, 2.24) is 4.31 Å². The van der Waals surface area contributed by atoms with Crippen molar-refractivity contribution < 1.29 is 17.6 Å². The lowest BCUT2D eigenvalue weighted by atomic mass is 10.1. The number of ether oxygens (including phenoxy) is 1. The molecule has 1 aromatic rings. The van der Waals surface area contributed by atoms with Crippen molar-refractivity contribution in [2.75, 3.05) is 19.7 Å². The van der Waals surface area contributed by atoms with E-state index < -0.39 is 10.0 Å². The van der Waals surface area contributed by atoms with Gasteiger partial charge < -0.3 is 14.9 Å². The predicted molar refractivity (Wildman–Crippen MR) is 79.4 cm³/mol. The van der Waals surface area contributed by atoms with Crippen LogP contribution in [0, 0.1) is 6.92 Å². The van der Waals surface area contributed by atoms with Crippen molar-refractivity contribution in [3.8, 4) is 0 Å². The Bertz CT molecular complexity index is 568. The Morgan fingerprint density at radius 3 is 2.90 bits per heavy atom. The molecule has 1 fully saturated rings. The van der Waals surface area contributed by atoms with E-state index in [-0.39, 0.29) is 17.5 Å². The minimum Gasteiger partial charge on any atom is -0.464 e. The monoisotopic (exact) mass is 316 g/mol. The summed E-state index contributed by atoms with van der Waals surface area (Å²) >= 11 is 0. The zero-order valence-corrected chi connectivity index (χ0v) is 13.5. The second kappa shape index (κ2) is 6.91. The van der Waals surface area contributed by atoms with E-state index in [0.717, 1.165) is 19.3 Å². The first kappa shape index (κ1) is 16.5. The fourth-order valence-corrected chi connectivity index (χ4v) is 4.26. The first-order chi connectivity index (χ1) is 9.98. The fraction of sp³-hybridized carbons (Fsp3) is 0.714. The van der Waals surface area contributed by atoms with E-state index in [1.54, 1.807) is 6.92 Å². The number of hydrogen-bond acceptors (Lipinski definition) is 5. The number of nitrogens with two attached hydrogens (primary N) is 1. The molecule has 2 N–H and O–H groups in total. The predicted octanol–water partition coefficient (Wildman–Crippen LogP) is 1.63. The second-order valence-electron chi connectivity index (χ2n) is 5.34. The van der Waals surface area contributed by atoms with Gasteiger partial charge in [0.05, 0.1) is 12.6 Å². The molecule has 1 saturated heterocycles. The Morgan fingerprint density at radius 1 is 1.52 bits per heavy atom. The first-order valence-electron chi connectivity index (χ1n) is 7.40. The number of piperidine rings is 1. The Hall–Kier alpha value is -0.890. The maximum Gasteiger partial charge on any atom is 0.246 e. The van der Waals surface area contributed by atoms with Crippen LogP contribution in [0.25, 0.3) is 0 Å². The highest BCUT2D eigenvalue weighted by molar-refractivity contribution is 7.89. The number of furan rings is 1. The van der Waals surface area contributed by atoms with Crippen LogP contribution in [0.3, 0.4) is 0 Å². The van der Waals surface area contributed by atoms with E-state index in [9.17, 15) is 8.42 Å². The van der Waals surface area contributed by atoms with Gasteiger partial charge in [0, 0.05) is 25.8 Å². The van der Waals surface area contributed by atoms with Gasteiger partial charge >= 0.3 is 0 Å². The topological polar surface area (TPSA) is 85.8 Å². The van der Waals surface area contributed by atoms with Crippen molar-refractivity contribution in [2.24, 2.45) is 5.73 Å². The van der Waals surface area contributed by atoms with Gasteiger partial charge in [-0.25, -0.2) is 8.42 Å². The summed E-state index contributed by atoms with van der Waals surface area (Å²) in [6, 6.07) is 1.53. The summed E-state index contributed by atoms with van der Waals surface area (Å²) in [5, 5.41) is 0. The molecule has 0 saturated carbocycles. The van der Waals surface area contributed by atoms with Gasteiger partial charge in [0.2, 0.25) is 10.0 Å². The molecule has 120 valence electrons. The largest absolute Gasteiger partial charge is 0.464 e. The summed E-state index contributed by atoms with van der Waals surface area (Å²) in [6.45, 7) is 5.49. The van der Waals surface area contributed by atoms with Crippen LogP contribution in [0.2, 0.25) is 0 Å². The Balaban J connectivity index is 2.16. The summed E-state index contributed by atoms with van der Waals surface area (Å²) in [6.07, 6.45) is 2.64. The van der Waals surface area contributed by atoms with Crippen molar-refractivity contribution in [1.29, 1.82) is 0 Å². The molecule has 1 atom stereocenters. The van der Waals surface area contributed by atoms with Gasteiger partial charge in [-0.05, 0) is 26.2 Å². The molecule has 1 aliphatic rings. The third kappa shape index (κ3) is 3.66. The smallest absolute Gasteiger partial charge is 0.246 e. The van der Waals surface area contributed by atoms with Crippen molar-refractivity contribution >= 4 is 10.0 Å². The zero-order chi connectivity index (χ0) is 15.5. The molecule has 2 heterocycles. The van der Waals surface area contributed by atoms with E-state index in [1.165, 1.54) is 10.4 Å². The van der Waals surface area contributed by atoms with E-state index in [0.29, 0.717) is 31.2 Å². The highest BCUT2D eigenvalue weighted by Crippen LogP contribution is 2.26. The molecule has 7 heteroatoms. The van der Waals surface area contributed by atoms with Crippen molar-refractivity contribution in [2.45, 2.75) is 50.7 Å². The lowest BCUT2D eigenvalue weighted by Crippen LogP contribution is -2.43. The molecule has 0 aliphatic carbocycles. The normalized spacial score (nSPS) is 20.8. The number of hydrogen-bond donors (Lipinski definition) is 1. The van der Waals surface area contributed by atoms with E-state index in [2.05, 4.69) is 0 Å². The molecule has 1 aromatic heterocycles. The van der Waals surface area contributed by atoms with Crippen LogP contribution in [0.15, 0.2) is 15.4 Å². The van der Waals surface area contributed by atoms with Gasteiger partial charge in [0.1, 0.15) is 16.4 Å². The van der Waals surface area contributed by atoms with Gasteiger partial charge in [-0.2, -0.15) is 4.31 Å². The highest BCUT2D eigenvalue weighted by atomic mass is 32.2.